The quantitative estimate of drug-likeness (QED) is 0.259. The van der Waals surface area contributed by atoms with Gasteiger partial charge in [0.05, 0.1) is 33.0 Å². The molecule has 1 aliphatic rings. The van der Waals surface area contributed by atoms with Crippen molar-refractivity contribution in [2.24, 2.45) is 0 Å². The molecular weight excluding hydrogens is 440 g/mol. The van der Waals surface area contributed by atoms with Crippen LogP contribution >= 0.6 is 0 Å². The topological polar surface area (TPSA) is 116 Å². The van der Waals surface area contributed by atoms with E-state index < -0.39 is 11.9 Å². The van der Waals surface area contributed by atoms with Crippen molar-refractivity contribution in [1.29, 1.82) is 5.26 Å². The molecule has 0 saturated carbocycles. The van der Waals surface area contributed by atoms with Crippen LogP contribution in [0.1, 0.15) is 28.8 Å². The van der Waals surface area contributed by atoms with E-state index in [4.69, 9.17) is 23.7 Å². The van der Waals surface area contributed by atoms with Crippen LogP contribution in [0.4, 0.5) is 0 Å². The molecule has 34 heavy (non-hydrogen) atoms. The minimum absolute atomic E-state index is 0.0244. The first kappa shape index (κ1) is 24.6. The van der Waals surface area contributed by atoms with Crippen molar-refractivity contribution >= 4 is 18.0 Å². The van der Waals surface area contributed by atoms with E-state index >= 15 is 0 Å². The zero-order chi connectivity index (χ0) is 24.5. The van der Waals surface area contributed by atoms with Crippen molar-refractivity contribution in [1.82, 2.24) is 5.32 Å². The second-order valence-corrected chi connectivity index (χ2v) is 7.38. The third-order valence-corrected chi connectivity index (χ3v) is 5.20. The Morgan fingerprint density at radius 1 is 1.06 bits per heavy atom. The fourth-order valence-electron chi connectivity index (χ4n) is 3.40. The lowest BCUT2D eigenvalue weighted by atomic mass is 10.1. The molecule has 0 aliphatic carbocycles. The highest BCUT2D eigenvalue weighted by Gasteiger charge is 2.19. The molecule has 1 aliphatic heterocycles. The van der Waals surface area contributed by atoms with Crippen molar-refractivity contribution in [2.75, 3.05) is 34.5 Å². The van der Waals surface area contributed by atoms with Crippen LogP contribution < -0.4 is 24.3 Å². The van der Waals surface area contributed by atoms with Gasteiger partial charge in [-0.1, -0.05) is 6.07 Å². The predicted octanol–water partition coefficient (Wildman–Crippen LogP) is 3.13. The second-order valence-electron chi connectivity index (χ2n) is 7.38. The number of methoxy groups -OCH3 is 3. The Labute approximate surface area is 197 Å². The SMILES string of the molecule is COc1ccc(C(=O)Oc2ccc(/C=C(/C#N)C(=O)NC[C@H]3CCCO3)cc2OC)cc1OC. The van der Waals surface area contributed by atoms with E-state index in [9.17, 15) is 14.9 Å². The number of amides is 1. The molecule has 0 unspecified atom stereocenters. The molecule has 0 aromatic heterocycles. The van der Waals surface area contributed by atoms with Gasteiger partial charge in [0.1, 0.15) is 11.6 Å². The van der Waals surface area contributed by atoms with Gasteiger partial charge < -0.3 is 29.0 Å². The number of nitrogens with one attached hydrogen (secondary N) is 1. The fourth-order valence-corrected chi connectivity index (χ4v) is 3.40. The molecule has 1 fully saturated rings. The summed E-state index contributed by atoms with van der Waals surface area (Å²) in [7, 11) is 4.40. The summed E-state index contributed by atoms with van der Waals surface area (Å²) in [4.78, 5) is 25.0. The van der Waals surface area contributed by atoms with Crippen LogP contribution in [0.15, 0.2) is 42.0 Å². The summed E-state index contributed by atoms with van der Waals surface area (Å²) in [6.07, 6.45) is 3.26. The van der Waals surface area contributed by atoms with Crippen LogP contribution in [0.5, 0.6) is 23.0 Å². The van der Waals surface area contributed by atoms with Crippen molar-refractivity contribution in [3.63, 3.8) is 0 Å². The van der Waals surface area contributed by atoms with E-state index in [2.05, 4.69) is 5.32 Å². The molecule has 0 spiro atoms. The van der Waals surface area contributed by atoms with Crippen molar-refractivity contribution in [2.45, 2.75) is 18.9 Å². The van der Waals surface area contributed by atoms with Gasteiger partial charge in [0.2, 0.25) is 0 Å². The monoisotopic (exact) mass is 466 g/mol. The van der Waals surface area contributed by atoms with Gasteiger partial charge in [-0.05, 0) is 54.8 Å². The van der Waals surface area contributed by atoms with Gasteiger partial charge in [0.15, 0.2) is 23.0 Å². The Bertz CT molecular complexity index is 1110. The smallest absolute Gasteiger partial charge is 0.343 e. The predicted molar refractivity (Wildman–Crippen MR) is 123 cm³/mol. The molecule has 1 N–H and O–H groups in total. The molecular formula is C25H26N2O7. The van der Waals surface area contributed by atoms with E-state index in [1.54, 1.807) is 24.3 Å². The molecule has 0 bridgehead atoms. The fraction of sp³-hybridized carbons (Fsp3) is 0.320. The van der Waals surface area contributed by atoms with Gasteiger partial charge in [-0.15, -0.1) is 0 Å². The summed E-state index contributed by atoms with van der Waals surface area (Å²) in [5.41, 5.74) is 0.736. The van der Waals surface area contributed by atoms with Gasteiger partial charge in [-0.2, -0.15) is 5.26 Å². The first-order chi connectivity index (χ1) is 16.5. The number of hydrogen-bond donors (Lipinski definition) is 1. The highest BCUT2D eigenvalue weighted by Crippen LogP contribution is 2.31. The van der Waals surface area contributed by atoms with Crippen molar-refractivity contribution in [3.05, 3.63) is 53.1 Å². The summed E-state index contributed by atoms with van der Waals surface area (Å²) in [6, 6.07) is 11.3. The standard InChI is InChI=1S/C25H26N2O7/c1-30-20-9-7-17(13-23(20)32-3)25(29)34-21-8-6-16(12-22(21)31-2)11-18(14-26)24(28)27-15-19-5-4-10-33-19/h6-9,11-13,19H,4-5,10,15H2,1-3H3,(H,27,28)/b18-11-/t19-/m1/s1. The van der Waals surface area contributed by atoms with E-state index in [-0.39, 0.29) is 28.7 Å². The minimum Gasteiger partial charge on any atom is -0.493 e. The number of nitrogens with zero attached hydrogens (tertiary/aromatic N) is 1. The largest absolute Gasteiger partial charge is 0.493 e. The maximum atomic E-state index is 12.6. The van der Waals surface area contributed by atoms with E-state index in [1.165, 1.54) is 39.5 Å². The molecule has 2 aromatic carbocycles. The lowest BCUT2D eigenvalue weighted by molar-refractivity contribution is -0.117. The number of esters is 1. The van der Waals surface area contributed by atoms with Crippen molar-refractivity contribution < 1.29 is 33.3 Å². The van der Waals surface area contributed by atoms with Gasteiger partial charge in [0.25, 0.3) is 5.91 Å². The summed E-state index contributed by atoms with van der Waals surface area (Å²) in [6.45, 7) is 1.04. The van der Waals surface area contributed by atoms with Crippen LogP contribution in [0.3, 0.4) is 0 Å². The molecule has 3 rings (SSSR count). The number of nitriles is 1. The van der Waals surface area contributed by atoms with Crippen LogP contribution in [-0.2, 0) is 9.53 Å². The number of rotatable bonds is 9. The lowest BCUT2D eigenvalue weighted by Gasteiger charge is -2.12. The zero-order valence-corrected chi connectivity index (χ0v) is 19.3. The molecule has 1 amide bonds. The van der Waals surface area contributed by atoms with Gasteiger partial charge in [-0.3, -0.25) is 4.79 Å². The van der Waals surface area contributed by atoms with Gasteiger partial charge in [0, 0.05) is 13.2 Å². The molecule has 1 atom stereocenters. The zero-order valence-electron chi connectivity index (χ0n) is 19.3. The molecule has 9 heteroatoms. The average Bonchev–Trinajstić information content (AvgIpc) is 3.39. The average molecular weight is 466 g/mol. The van der Waals surface area contributed by atoms with Gasteiger partial charge >= 0.3 is 5.97 Å². The number of ether oxygens (including phenoxy) is 5. The minimum atomic E-state index is -0.617. The number of carbonyl (C=O) groups excluding carboxylic acids is 2. The Morgan fingerprint density at radius 2 is 1.76 bits per heavy atom. The Morgan fingerprint density at radius 3 is 2.41 bits per heavy atom. The molecule has 0 radical (unpaired) electrons. The van der Waals surface area contributed by atoms with E-state index in [0.717, 1.165) is 12.8 Å². The highest BCUT2D eigenvalue weighted by atomic mass is 16.6. The number of carbonyl (C=O) groups is 2. The normalized spacial score (nSPS) is 15.2. The van der Waals surface area contributed by atoms with E-state index in [1.807, 2.05) is 6.07 Å². The van der Waals surface area contributed by atoms with Crippen LogP contribution in [-0.4, -0.2) is 52.5 Å². The Balaban J connectivity index is 1.73. The Hall–Kier alpha value is -4.03. The van der Waals surface area contributed by atoms with Crippen LogP contribution in [0.25, 0.3) is 6.08 Å². The summed E-state index contributed by atoms with van der Waals surface area (Å²) in [5, 5.41) is 12.1. The Kier molecular flexibility index (Phi) is 8.48. The van der Waals surface area contributed by atoms with Crippen LogP contribution in [0, 0.1) is 11.3 Å². The highest BCUT2D eigenvalue weighted by molar-refractivity contribution is 6.01. The van der Waals surface area contributed by atoms with E-state index in [0.29, 0.717) is 30.2 Å². The number of benzene rings is 2. The first-order valence-electron chi connectivity index (χ1n) is 10.6. The molecule has 2 aromatic rings. The van der Waals surface area contributed by atoms with Gasteiger partial charge in [-0.25, -0.2) is 4.79 Å². The lowest BCUT2D eigenvalue weighted by Crippen LogP contribution is -2.32. The summed E-state index contributed by atoms with van der Waals surface area (Å²) < 4.78 is 26.7. The number of hydrogen-bond acceptors (Lipinski definition) is 8. The van der Waals surface area contributed by atoms with Crippen molar-refractivity contribution in [3.8, 4) is 29.1 Å². The first-order valence-corrected chi connectivity index (χ1v) is 10.6. The summed E-state index contributed by atoms with van der Waals surface area (Å²) >= 11 is 0. The van der Waals surface area contributed by atoms with Crippen LogP contribution in [0.2, 0.25) is 0 Å². The molecule has 178 valence electrons. The second kappa shape index (κ2) is 11.7. The third-order valence-electron chi connectivity index (χ3n) is 5.20. The molecule has 1 heterocycles. The molecule has 9 nitrogen and oxygen atoms in total. The maximum Gasteiger partial charge on any atom is 0.343 e. The maximum absolute atomic E-state index is 12.6. The summed E-state index contributed by atoms with van der Waals surface area (Å²) in [5.74, 6) is 0.224. The third kappa shape index (κ3) is 6.05. The molecule has 1 saturated heterocycles.